The van der Waals surface area contributed by atoms with E-state index in [1.54, 1.807) is 36.4 Å². The van der Waals surface area contributed by atoms with Crippen LogP contribution in [0.3, 0.4) is 0 Å². The highest BCUT2D eigenvalue weighted by Gasteiger charge is 2.23. The molecule has 0 aliphatic carbocycles. The second-order valence-corrected chi connectivity index (χ2v) is 11.0. The molecule has 2 rings (SSSR count). The third-order valence-corrected chi connectivity index (χ3v) is 6.59. The van der Waals surface area contributed by atoms with Crippen molar-refractivity contribution in [3.63, 3.8) is 0 Å². The van der Waals surface area contributed by atoms with Crippen molar-refractivity contribution in [2.75, 3.05) is 10.6 Å². The highest BCUT2D eigenvalue weighted by molar-refractivity contribution is 6.42. The van der Waals surface area contributed by atoms with E-state index in [9.17, 15) is 9.59 Å². The zero-order chi connectivity index (χ0) is 25.5. The van der Waals surface area contributed by atoms with Gasteiger partial charge in [0.25, 0.3) is 0 Å². The molecule has 0 unspecified atom stereocenters. The largest absolute Gasteiger partial charge is 0.333 e. The van der Waals surface area contributed by atoms with E-state index < -0.39 is 11.1 Å². The summed E-state index contributed by atoms with van der Waals surface area (Å²) in [5.74, 6) is 0. The number of urea groups is 2. The third kappa shape index (κ3) is 9.79. The molecule has 4 amide bonds. The van der Waals surface area contributed by atoms with Crippen LogP contribution in [0, 0.1) is 0 Å². The Morgan fingerprint density at radius 2 is 1.00 bits per heavy atom. The van der Waals surface area contributed by atoms with Crippen LogP contribution in [0.4, 0.5) is 21.0 Å². The summed E-state index contributed by atoms with van der Waals surface area (Å²) in [4.78, 5) is 24.7. The first kappa shape index (κ1) is 28.4. The molecule has 0 atom stereocenters. The average molecular weight is 548 g/mol. The maximum Gasteiger partial charge on any atom is 0.319 e. The first-order valence-corrected chi connectivity index (χ1v) is 12.4. The molecule has 0 aliphatic heterocycles. The Morgan fingerprint density at radius 3 is 1.32 bits per heavy atom. The van der Waals surface area contributed by atoms with Crippen molar-refractivity contribution in [1.82, 2.24) is 10.6 Å². The average Bonchev–Trinajstić information content (AvgIpc) is 2.70. The molecular weight excluding hydrogens is 518 g/mol. The quantitative estimate of drug-likeness (QED) is 0.238. The van der Waals surface area contributed by atoms with Crippen LogP contribution >= 0.6 is 46.4 Å². The smallest absolute Gasteiger partial charge is 0.319 e. The number of nitrogens with one attached hydrogen (secondary N) is 4. The van der Waals surface area contributed by atoms with Gasteiger partial charge in [-0.15, -0.1) is 0 Å². The number of anilines is 2. The maximum absolute atomic E-state index is 12.4. The number of halogens is 4. The van der Waals surface area contributed by atoms with E-state index in [4.69, 9.17) is 46.4 Å². The van der Waals surface area contributed by atoms with Gasteiger partial charge in [-0.25, -0.2) is 9.59 Å². The molecule has 0 aliphatic rings. The van der Waals surface area contributed by atoms with Crippen LogP contribution in [0.15, 0.2) is 36.4 Å². The van der Waals surface area contributed by atoms with Gasteiger partial charge in [-0.1, -0.05) is 59.2 Å². The monoisotopic (exact) mass is 546 g/mol. The Hall–Kier alpha value is -1.86. The standard InChI is InChI=1S/C24H30Cl4N4O2/c1-23(2,31-21(33)29-15-7-9-17(25)19(27)13-15)11-5-6-12-24(3,4)32-22(34)30-16-8-10-18(26)20(28)14-16/h7-10,13-14H,5-6,11-12H2,1-4H3,(H2,29,31,33)(H2,30,32,34). The van der Waals surface area contributed by atoms with E-state index in [1.807, 2.05) is 27.7 Å². The van der Waals surface area contributed by atoms with Crippen molar-refractivity contribution in [3.8, 4) is 0 Å². The predicted octanol–water partition coefficient (Wildman–Crippen LogP) is 8.36. The fourth-order valence-electron chi connectivity index (χ4n) is 3.35. The molecule has 0 saturated carbocycles. The van der Waals surface area contributed by atoms with Crippen LogP contribution in [0.25, 0.3) is 0 Å². The fraction of sp³-hybridized carbons (Fsp3) is 0.417. The molecule has 2 aromatic rings. The first-order valence-electron chi connectivity index (χ1n) is 10.8. The van der Waals surface area contributed by atoms with Crippen LogP contribution in [0.1, 0.15) is 53.4 Å². The number of unbranched alkanes of at least 4 members (excludes halogenated alkanes) is 1. The Labute approximate surface area is 221 Å². The van der Waals surface area contributed by atoms with Gasteiger partial charge in [-0.05, 0) is 76.9 Å². The van der Waals surface area contributed by atoms with Crippen molar-refractivity contribution < 1.29 is 9.59 Å². The van der Waals surface area contributed by atoms with Crippen LogP contribution in [0.5, 0.6) is 0 Å². The van der Waals surface area contributed by atoms with Crippen LogP contribution in [-0.2, 0) is 0 Å². The number of carbonyl (C=O) groups is 2. The molecule has 2 aromatic carbocycles. The van der Waals surface area contributed by atoms with Crippen LogP contribution in [0.2, 0.25) is 20.1 Å². The normalized spacial score (nSPS) is 11.6. The number of amides is 4. The lowest BCUT2D eigenvalue weighted by Crippen LogP contribution is -2.46. The number of rotatable bonds is 9. The lowest BCUT2D eigenvalue weighted by molar-refractivity contribution is 0.234. The summed E-state index contributed by atoms with van der Waals surface area (Å²) in [6.07, 6.45) is 3.29. The molecular formula is C24H30Cl4N4O2. The van der Waals surface area contributed by atoms with Crippen molar-refractivity contribution in [2.45, 2.75) is 64.5 Å². The summed E-state index contributed by atoms with van der Waals surface area (Å²) in [7, 11) is 0. The molecule has 0 saturated heterocycles. The molecule has 34 heavy (non-hydrogen) atoms. The Balaban J connectivity index is 1.74. The van der Waals surface area contributed by atoms with Gasteiger partial charge in [-0.2, -0.15) is 0 Å². The van der Waals surface area contributed by atoms with Gasteiger partial charge in [0.05, 0.1) is 20.1 Å². The number of hydrogen-bond donors (Lipinski definition) is 4. The third-order valence-electron chi connectivity index (χ3n) is 5.11. The highest BCUT2D eigenvalue weighted by atomic mass is 35.5. The topological polar surface area (TPSA) is 82.3 Å². The Bertz CT molecular complexity index is 947. The molecule has 186 valence electrons. The molecule has 0 aromatic heterocycles. The van der Waals surface area contributed by atoms with Crippen LogP contribution in [-0.4, -0.2) is 23.1 Å². The predicted molar refractivity (Wildman–Crippen MR) is 144 cm³/mol. The van der Waals surface area contributed by atoms with E-state index in [2.05, 4.69) is 21.3 Å². The summed E-state index contributed by atoms with van der Waals surface area (Å²) in [5.41, 5.74) is 0.302. The Kier molecular flexibility index (Phi) is 10.2. The van der Waals surface area contributed by atoms with Gasteiger partial charge in [-0.3, -0.25) is 0 Å². The van der Waals surface area contributed by atoms with E-state index >= 15 is 0 Å². The van der Waals surface area contributed by atoms with Gasteiger partial charge in [0.15, 0.2) is 0 Å². The van der Waals surface area contributed by atoms with Crippen molar-refractivity contribution in [3.05, 3.63) is 56.5 Å². The minimum absolute atomic E-state index is 0.315. The molecule has 10 heteroatoms. The van der Waals surface area contributed by atoms with Crippen LogP contribution < -0.4 is 21.3 Å². The highest BCUT2D eigenvalue weighted by Crippen LogP contribution is 2.26. The van der Waals surface area contributed by atoms with Gasteiger partial charge >= 0.3 is 12.1 Å². The van der Waals surface area contributed by atoms with E-state index in [-0.39, 0.29) is 12.1 Å². The lowest BCUT2D eigenvalue weighted by Gasteiger charge is -2.29. The molecule has 6 nitrogen and oxygen atoms in total. The van der Waals surface area contributed by atoms with Gasteiger partial charge in [0.2, 0.25) is 0 Å². The summed E-state index contributed by atoms with van der Waals surface area (Å²) in [5, 5.41) is 13.1. The second-order valence-electron chi connectivity index (χ2n) is 9.39. The number of benzene rings is 2. The summed E-state index contributed by atoms with van der Waals surface area (Å²) < 4.78 is 0. The zero-order valence-electron chi connectivity index (χ0n) is 19.6. The molecule has 0 heterocycles. The summed E-state index contributed by atoms with van der Waals surface area (Å²) in [6, 6.07) is 9.21. The van der Waals surface area contributed by atoms with E-state index in [0.717, 1.165) is 25.7 Å². The zero-order valence-corrected chi connectivity index (χ0v) is 22.6. The van der Waals surface area contributed by atoms with Crippen molar-refractivity contribution in [2.24, 2.45) is 0 Å². The summed E-state index contributed by atoms with van der Waals surface area (Å²) in [6.45, 7) is 7.87. The Morgan fingerprint density at radius 1 is 0.647 bits per heavy atom. The minimum Gasteiger partial charge on any atom is -0.333 e. The summed E-state index contributed by atoms with van der Waals surface area (Å²) >= 11 is 23.8. The second kappa shape index (κ2) is 12.2. The minimum atomic E-state index is -0.414. The number of hydrogen-bond acceptors (Lipinski definition) is 2. The SMILES string of the molecule is CC(C)(CCCCC(C)(C)NC(=O)Nc1ccc(Cl)c(Cl)c1)NC(=O)Nc1ccc(Cl)c(Cl)c1. The molecule has 4 N–H and O–H groups in total. The molecule has 0 fully saturated rings. The molecule has 0 spiro atoms. The van der Waals surface area contributed by atoms with Crippen molar-refractivity contribution >= 4 is 69.8 Å². The molecule has 0 bridgehead atoms. The maximum atomic E-state index is 12.4. The molecule has 0 radical (unpaired) electrons. The van der Waals surface area contributed by atoms with Gasteiger partial charge < -0.3 is 21.3 Å². The fourth-order valence-corrected chi connectivity index (χ4v) is 3.94. The lowest BCUT2D eigenvalue weighted by atomic mass is 9.92. The van der Waals surface area contributed by atoms with E-state index in [1.165, 1.54) is 0 Å². The van der Waals surface area contributed by atoms with E-state index in [0.29, 0.717) is 31.5 Å². The van der Waals surface area contributed by atoms with Crippen molar-refractivity contribution in [1.29, 1.82) is 0 Å². The van der Waals surface area contributed by atoms with Gasteiger partial charge in [0, 0.05) is 22.5 Å². The first-order chi connectivity index (χ1) is 15.8. The van der Waals surface area contributed by atoms with Gasteiger partial charge in [0.1, 0.15) is 0 Å². The number of carbonyl (C=O) groups excluding carboxylic acids is 2.